The molecule has 0 bridgehead atoms. The van der Waals surface area contributed by atoms with Gasteiger partial charge in [0.25, 0.3) is 0 Å². The molecule has 0 radical (unpaired) electrons. The Kier molecular flexibility index (Phi) is 3.70. The molecule has 0 fully saturated rings. The zero-order valence-electron chi connectivity index (χ0n) is 9.93. The van der Waals surface area contributed by atoms with E-state index in [1.807, 2.05) is 25.3 Å². The number of nitrogens with two attached hydrogens (primary N) is 1. The second kappa shape index (κ2) is 4.82. The topological polar surface area (TPSA) is 26.0 Å². The predicted octanol–water partition coefficient (Wildman–Crippen LogP) is 4.72. The molecule has 18 heavy (non-hydrogen) atoms. The van der Waals surface area contributed by atoms with Gasteiger partial charge in [-0.05, 0) is 48.6 Å². The van der Waals surface area contributed by atoms with Crippen molar-refractivity contribution < 1.29 is 4.39 Å². The van der Waals surface area contributed by atoms with Gasteiger partial charge >= 0.3 is 0 Å². The van der Waals surface area contributed by atoms with Gasteiger partial charge in [-0.3, -0.25) is 0 Å². The lowest BCUT2D eigenvalue weighted by Gasteiger charge is -2.27. The maximum absolute atomic E-state index is 13.6. The van der Waals surface area contributed by atoms with E-state index >= 15 is 0 Å². The molecule has 0 aliphatic carbocycles. The van der Waals surface area contributed by atoms with Crippen molar-refractivity contribution in [1.82, 2.24) is 0 Å². The molecule has 1 unspecified atom stereocenters. The Labute approximate surface area is 119 Å². The summed E-state index contributed by atoms with van der Waals surface area (Å²) >= 11 is 13.4. The van der Waals surface area contributed by atoms with Crippen LogP contribution in [-0.4, -0.2) is 0 Å². The molecule has 1 aromatic carbocycles. The number of rotatable bonds is 2. The van der Waals surface area contributed by atoms with Crippen molar-refractivity contribution in [3.05, 3.63) is 55.4 Å². The van der Waals surface area contributed by atoms with Crippen LogP contribution in [0, 0.1) is 12.7 Å². The normalized spacial score (nSPS) is 14.6. The lowest BCUT2D eigenvalue weighted by atomic mass is 9.86. The Morgan fingerprint density at radius 2 is 1.89 bits per heavy atom. The second-order valence-corrected chi connectivity index (χ2v) is 6.27. The highest BCUT2D eigenvalue weighted by molar-refractivity contribution is 7.10. The molecule has 0 aliphatic heterocycles. The van der Waals surface area contributed by atoms with Crippen molar-refractivity contribution in [3.63, 3.8) is 0 Å². The van der Waals surface area contributed by atoms with Gasteiger partial charge in [-0.25, -0.2) is 4.39 Å². The van der Waals surface area contributed by atoms with Gasteiger partial charge in [0.1, 0.15) is 5.82 Å². The molecule has 0 aliphatic rings. The summed E-state index contributed by atoms with van der Waals surface area (Å²) in [6, 6.07) is 4.63. The maximum atomic E-state index is 13.6. The average Bonchev–Trinajstić information content (AvgIpc) is 2.70. The van der Waals surface area contributed by atoms with E-state index in [1.54, 1.807) is 11.3 Å². The second-order valence-electron chi connectivity index (χ2n) is 4.34. The van der Waals surface area contributed by atoms with Crippen molar-refractivity contribution >= 4 is 34.5 Å². The van der Waals surface area contributed by atoms with Crippen molar-refractivity contribution in [2.24, 2.45) is 5.73 Å². The van der Waals surface area contributed by atoms with Gasteiger partial charge in [0, 0.05) is 9.90 Å². The monoisotopic (exact) mass is 303 g/mol. The first kappa shape index (κ1) is 13.8. The van der Waals surface area contributed by atoms with Crippen LogP contribution in [0.3, 0.4) is 0 Å². The average molecular weight is 304 g/mol. The lowest BCUT2D eigenvalue weighted by Crippen LogP contribution is -2.35. The van der Waals surface area contributed by atoms with Crippen molar-refractivity contribution in [2.45, 2.75) is 19.4 Å². The molecule has 0 saturated heterocycles. The third-order valence-corrected chi connectivity index (χ3v) is 4.44. The van der Waals surface area contributed by atoms with Crippen molar-refractivity contribution in [2.75, 3.05) is 0 Å². The SMILES string of the molecule is Cc1sccc1C(C)(N)c1cc(F)c(Cl)cc1Cl. The number of aryl methyl sites for hydroxylation is 1. The summed E-state index contributed by atoms with van der Waals surface area (Å²) in [6.07, 6.45) is 0. The number of hydrogen-bond acceptors (Lipinski definition) is 2. The zero-order chi connectivity index (χ0) is 13.5. The summed E-state index contributed by atoms with van der Waals surface area (Å²) in [7, 11) is 0. The van der Waals surface area contributed by atoms with Gasteiger partial charge < -0.3 is 5.73 Å². The molecule has 0 amide bonds. The quantitative estimate of drug-likeness (QED) is 0.798. The zero-order valence-corrected chi connectivity index (χ0v) is 12.3. The van der Waals surface area contributed by atoms with E-state index in [1.165, 1.54) is 12.1 Å². The Bertz CT molecular complexity index is 593. The van der Waals surface area contributed by atoms with Crippen LogP contribution in [0.1, 0.15) is 22.9 Å². The summed E-state index contributed by atoms with van der Waals surface area (Å²) in [5.41, 5.74) is 6.97. The largest absolute Gasteiger partial charge is 0.318 e. The molecule has 5 heteroatoms. The minimum absolute atomic E-state index is 0.00147. The molecule has 2 aromatic rings. The molecule has 1 atom stereocenters. The lowest BCUT2D eigenvalue weighted by molar-refractivity contribution is 0.581. The van der Waals surface area contributed by atoms with Crippen LogP contribution >= 0.6 is 34.5 Å². The van der Waals surface area contributed by atoms with Crippen LogP contribution in [0.5, 0.6) is 0 Å². The van der Waals surface area contributed by atoms with E-state index < -0.39 is 11.4 Å². The number of halogens is 3. The van der Waals surface area contributed by atoms with E-state index in [9.17, 15) is 4.39 Å². The fourth-order valence-corrected chi connectivity index (χ4v) is 3.38. The van der Waals surface area contributed by atoms with Crippen LogP contribution < -0.4 is 5.73 Å². The molecule has 96 valence electrons. The van der Waals surface area contributed by atoms with E-state index in [4.69, 9.17) is 28.9 Å². The fraction of sp³-hybridized carbons (Fsp3) is 0.231. The molecule has 1 aromatic heterocycles. The third-order valence-electron chi connectivity index (χ3n) is 2.99. The Balaban J connectivity index is 2.61. The van der Waals surface area contributed by atoms with Crippen molar-refractivity contribution in [3.8, 4) is 0 Å². The third kappa shape index (κ3) is 2.28. The molecule has 0 spiro atoms. The Hall–Kier alpha value is -0.610. The highest BCUT2D eigenvalue weighted by Crippen LogP contribution is 2.37. The Morgan fingerprint density at radius 3 is 2.44 bits per heavy atom. The number of benzene rings is 1. The molecular weight excluding hydrogens is 292 g/mol. The summed E-state index contributed by atoms with van der Waals surface area (Å²) in [6.45, 7) is 3.79. The van der Waals surface area contributed by atoms with Gasteiger partial charge in [-0.15, -0.1) is 11.3 Å². The van der Waals surface area contributed by atoms with Crippen LogP contribution in [0.15, 0.2) is 23.6 Å². The van der Waals surface area contributed by atoms with Gasteiger partial charge in [-0.1, -0.05) is 23.2 Å². The summed E-state index contributed by atoms with van der Waals surface area (Å²) in [5.74, 6) is -0.513. The van der Waals surface area contributed by atoms with Crippen LogP contribution in [0.25, 0.3) is 0 Å². The highest BCUT2D eigenvalue weighted by Gasteiger charge is 2.29. The molecule has 0 saturated carbocycles. The molecule has 1 heterocycles. The fourth-order valence-electron chi connectivity index (χ4n) is 1.99. The van der Waals surface area contributed by atoms with Gasteiger partial charge in [-0.2, -0.15) is 0 Å². The first-order chi connectivity index (χ1) is 8.34. The highest BCUT2D eigenvalue weighted by atomic mass is 35.5. The van der Waals surface area contributed by atoms with E-state index in [-0.39, 0.29) is 5.02 Å². The molecule has 1 nitrogen and oxygen atoms in total. The predicted molar refractivity (Wildman–Crippen MR) is 76.1 cm³/mol. The first-order valence-corrected chi connectivity index (χ1v) is 6.96. The van der Waals surface area contributed by atoms with Gasteiger partial charge in [0.15, 0.2) is 0 Å². The molecule has 2 rings (SSSR count). The Morgan fingerprint density at radius 1 is 1.22 bits per heavy atom. The van der Waals surface area contributed by atoms with Crippen LogP contribution in [-0.2, 0) is 5.54 Å². The summed E-state index contributed by atoms with van der Waals surface area (Å²) < 4.78 is 13.6. The first-order valence-electron chi connectivity index (χ1n) is 5.32. The summed E-state index contributed by atoms with van der Waals surface area (Å²) in [5, 5.41) is 2.33. The van der Waals surface area contributed by atoms with E-state index in [2.05, 4.69) is 0 Å². The molecule has 2 N–H and O–H groups in total. The minimum atomic E-state index is -0.841. The summed E-state index contributed by atoms with van der Waals surface area (Å²) in [4.78, 5) is 1.09. The number of thiophene rings is 1. The maximum Gasteiger partial charge on any atom is 0.142 e. The minimum Gasteiger partial charge on any atom is -0.318 e. The van der Waals surface area contributed by atoms with Gasteiger partial charge in [0.05, 0.1) is 10.6 Å². The number of hydrogen-bond donors (Lipinski definition) is 1. The van der Waals surface area contributed by atoms with E-state index in [0.717, 1.165) is 10.4 Å². The molecular formula is C13H12Cl2FNS. The van der Waals surface area contributed by atoms with E-state index in [0.29, 0.717) is 10.6 Å². The van der Waals surface area contributed by atoms with Crippen LogP contribution in [0.2, 0.25) is 10.0 Å². The van der Waals surface area contributed by atoms with Crippen LogP contribution in [0.4, 0.5) is 4.39 Å². The van der Waals surface area contributed by atoms with Crippen molar-refractivity contribution in [1.29, 1.82) is 0 Å². The standard InChI is InChI=1S/C13H12Cl2FNS/c1-7-8(3-4-18-7)13(2,17)9-5-12(16)11(15)6-10(9)14/h3-6H,17H2,1-2H3. The van der Waals surface area contributed by atoms with Gasteiger partial charge in [0.2, 0.25) is 0 Å². The smallest absolute Gasteiger partial charge is 0.142 e.